The molecule has 0 fully saturated rings. The second-order valence-electron chi connectivity index (χ2n) is 6.80. The Morgan fingerprint density at radius 3 is 2.34 bits per heavy atom. The van der Waals surface area contributed by atoms with Gasteiger partial charge in [0, 0.05) is 24.9 Å². The van der Waals surface area contributed by atoms with Crippen LogP contribution >= 0.6 is 0 Å². The van der Waals surface area contributed by atoms with Crippen molar-refractivity contribution in [2.45, 2.75) is 31.2 Å². The monoisotopic (exact) mass is 562 g/mol. The van der Waals surface area contributed by atoms with E-state index >= 15 is 0 Å². The Kier molecular flexibility index (Phi) is 16.0. The van der Waals surface area contributed by atoms with Crippen LogP contribution in [0.15, 0.2) is 12.5 Å². The number of carboxylic acid groups (broad SMARTS) is 1. The molecule has 0 saturated carbocycles. The molecule has 0 bridgehead atoms. The second kappa shape index (κ2) is 18.0. The SMILES string of the molecule is COC(=O)[C@H](Cc1cnc[nH]1)NCCCNC(=O)COC[C@@H](CO[N+](=O)[O-])O[N+](=O)[O-].O=C(O)C(F)(F)F. The van der Waals surface area contributed by atoms with E-state index in [2.05, 4.69) is 30.3 Å². The van der Waals surface area contributed by atoms with Crippen molar-refractivity contribution in [2.24, 2.45) is 0 Å². The molecule has 0 aromatic carbocycles. The van der Waals surface area contributed by atoms with Crippen LogP contribution < -0.4 is 10.6 Å². The number of rotatable bonds is 17. The number of nitrogens with zero attached hydrogens (tertiary/aromatic N) is 3. The number of aromatic nitrogens is 2. The lowest BCUT2D eigenvalue weighted by Gasteiger charge is -2.16. The van der Waals surface area contributed by atoms with Crippen LogP contribution in [-0.4, -0.2) is 101 Å². The van der Waals surface area contributed by atoms with Crippen molar-refractivity contribution in [1.82, 2.24) is 20.6 Å². The maximum atomic E-state index is 11.8. The zero-order valence-electron chi connectivity index (χ0n) is 19.7. The van der Waals surface area contributed by atoms with Gasteiger partial charge in [-0.15, -0.1) is 20.2 Å². The predicted molar refractivity (Wildman–Crippen MR) is 113 cm³/mol. The number of carbonyl (C=O) groups is 3. The zero-order valence-corrected chi connectivity index (χ0v) is 19.7. The molecule has 1 aromatic rings. The zero-order chi connectivity index (χ0) is 29.1. The number of aromatic amines is 1. The highest BCUT2D eigenvalue weighted by atomic mass is 19.4. The van der Waals surface area contributed by atoms with Crippen LogP contribution in [0.3, 0.4) is 0 Å². The Morgan fingerprint density at radius 1 is 1.18 bits per heavy atom. The molecule has 21 heteroatoms. The van der Waals surface area contributed by atoms with Crippen molar-refractivity contribution in [3.8, 4) is 0 Å². The highest BCUT2D eigenvalue weighted by Crippen LogP contribution is 2.13. The van der Waals surface area contributed by atoms with Crippen molar-refractivity contribution in [3.05, 3.63) is 38.4 Å². The summed E-state index contributed by atoms with van der Waals surface area (Å²) in [5.41, 5.74) is 0.760. The molecule has 0 aliphatic rings. The van der Waals surface area contributed by atoms with E-state index in [-0.39, 0.29) is 6.54 Å². The number of H-pyrrole nitrogens is 1. The van der Waals surface area contributed by atoms with Gasteiger partial charge < -0.3 is 39.9 Å². The Bertz CT molecular complexity index is 887. The third kappa shape index (κ3) is 17.2. The average Bonchev–Trinajstić information content (AvgIpc) is 3.33. The van der Waals surface area contributed by atoms with E-state index in [1.54, 1.807) is 6.20 Å². The molecular formula is C17H25F3N6O12. The number of aliphatic carboxylic acids is 1. The number of halogens is 3. The fourth-order valence-electron chi connectivity index (χ4n) is 2.30. The molecule has 1 amide bonds. The highest BCUT2D eigenvalue weighted by Gasteiger charge is 2.38. The van der Waals surface area contributed by atoms with E-state index in [1.807, 2.05) is 0 Å². The number of hydrogen-bond acceptors (Lipinski definition) is 13. The van der Waals surface area contributed by atoms with Gasteiger partial charge >= 0.3 is 18.1 Å². The second-order valence-corrected chi connectivity index (χ2v) is 6.80. The maximum Gasteiger partial charge on any atom is 0.490 e. The van der Waals surface area contributed by atoms with Crippen molar-refractivity contribution in [2.75, 3.05) is 40.0 Å². The molecule has 0 radical (unpaired) electrons. The fourth-order valence-corrected chi connectivity index (χ4v) is 2.30. The fraction of sp³-hybridized carbons (Fsp3) is 0.647. The standard InChI is InChI=1S/C15H24N6O10.C2HF3O2/c1-28-15(23)13(5-11-6-16-10-19-11)17-3-2-4-18-14(22)9-29-7-12(31-21(26)27)8-30-20(24)25;3-2(4,5)1(6)7/h6,10,12-13,17H,2-5,7-9H2,1H3,(H,16,19)(H,18,22);(H,6,7)/t12-,13-;/m0./s1. The molecule has 2 atom stereocenters. The molecule has 0 unspecified atom stereocenters. The minimum atomic E-state index is -5.08. The number of imidazole rings is 1. The van der Waals surface area contributed by atoms with Crippen molar-refractivity contribution < 1.29 is 62.0 Å². The van der Waals surface area contributed by atoms with Gasteiger partial charge in [-0.2, -0.15) is 13.2 Å². The lowest BCUT2D eigenvalue weighted by Crippen LogP contribution is -2.41. The van der Waals surface area contributed by atoms with Gasteiger partial charge in [-0.05, 0) is 13.0 Å². The van der Waals surface area contributed by atoms with Gasteiger partial charge in [-0.25, -0.2) is 9.78 Å². The lowest BCUT2D eigenvalue weighted by atomic mass is 10.1. The van der Waals surface area contributed by atoms with E-state index in [0.717, 1.165) is 5.69 Å². The predicted octanol–water partition coefficient (Wildman–Crippen LogP) is -0.975. The quantitative estimate of drug-likeness (QED) is 0.0772. The molecule has 0 saturated heterocycles. The molecule has 0 aliphatic heterocycles. The van der Waals surface area contributed by atoms with Gasteiger partial charge in [0.25, 0.3) is 10.2 Å². The van der Waals surface area contributed by atoms with Crippen LogP contribution in [-0.2, 0) is 40.0 Å². The number of methoxy groups -OCH3 is 1. The van der Waals surface area contributed by atoms with Gasteiger partial charge in [-0.1, -0.05) is 0 Å². The minimum Gasteiger partial charge on any atom is -0.475 e. The molecule has 1 aromatic heterocycles. The molecule has 216 valence electrons. The first-order chi connectivity index (χ1) is 17.8. The number of alkyl halides is 3. The van der Waals surface area contributed by atoms with E-state index in [1.165, 1.54) is 13.4 Å². The summed E-state index contributed by atoms with van der Waals surface area (Å²) in [5, 5.41) is 30.9. The van der Waals surface area contributed by atoms with Crippen LogP contribution in [0.2, 0.25) is 0 Å². The Morgan fingerprint density at radius 2 is 1.84 bits per heavy atom. The number of nitrogens with one attached hydrogen (secondary N) is 3. The summed E-state index contributed by atoms with van der Waals surface area (Å²) < 4.78 is 41.5. The Balaban J connectivity index is 0.00000171. The van der Waals surface area contributed by atoms with Gasteiger partial charge in [0.15, 0.2) is 6.10 Å². The van der Waals surface area contributed by atoms with Crippen molar-refractivity contribution in [1.29, 1.82) is 0 Å². The summed E-state index contributed by atoms with van der Waals surface area (Å²) in [7, 11) is 1.29. The molecule has 18 nitrogen and oxygen atoms in total. The maximum absolute atomic E-state index is 11.8. The van der Waals surface area contributed by atoms with Crippen molar-refractivity contribution >= 4 is 17.8 Å². The summed E-state index contributed by atoms with van der Waals surface area (Å²) in [6.45, 7) is -0.939. The summed E-state index contributed by atoms with van der Waals surface area (Å²) in [4.78, 5) is 67.9. The first-order valence-corrected chi connectivity index (χ1v) is 10.3. The first-order valence-electron chi connectivity index (χ1n) is 10.3. The van der Waals surface area contributed by atoms with Crippen LogP contribution in [0.25, 0.3) is 0 Å². The molecule has 4 N–H and O–H groups in total. The summed E-state index contributed by atoms with van der Waals surface area (Å²) >= 11 is 0. The number of ether oxygens (including phenoxy) is 2. The van der Waals surface area contributed by atoms with Crippen LogP contribution in [0.1, 0.15) is 12.1 Å². The third-order valence-electron chi connectivity index (χ3n) is 3.91. The van der Waals surface area contributed by atoms with Crippen LogP contribution in [0.4, 0.5) is 13.2 Å². The van der Waals surface area contributed by atoms with E-state index in [4.69, 9.17) is 19.4 Å². The Labute approximate surface area is 211 Å². The number of hydrogen-bond donors (Lipinski definition) is 4. The molecular weight excluding hydrogens is 537 g/mol. The normalized spacial score (nSPS) is 12.2. The van der Waals surface area contributed by atoms with Crippen LogP contribution in [0, 0.1) is 20.2 Å². The van der Waals surface area contributed by atoms with Crippen LogP contribution in [0.5, 0.6) is 0 Å². The van der Waals surface area contributed by atoms with Gasteiger partial charge in [0.1, 0.15) is 19.3 Å². The summed E-state index contributed by atoms with van der Waals surface area (Å²) in [6, 6.07) is -0.579. The summed E-state index contributed by atoms with van der Waals surface area (Å²) in [5.74, 6) is -3.69. The topological polar surface area (TPSA) is 247 Å². The molecule has 0 spiro atoms. The number of esters is 1. The van der Waals surface area contributed by atoms with E-state index in [0.29, 0.717) is 19.4 Å². The van der Waals surface area contributed by atoms with Gasteiger partial charge in [0.05, 0.1) is 20.0 Å². The highest BCUT2D eigenvalue weighted by molar-refractivity contribution is 5.77. The molecule has 0 aliphatic carbocycles. The summed E-state index contributed by atoms with van der Waals surface area (Å²) in [6.07, 6.45) is -2.49. The minimum absolute atomic E-state index is 0.270. The number of amides is 1. The molecule has 1 rings (SSSR count). The largest absolute Gasteiger partial charge is 0.490 e. The van der Waals surface area contributed by atoms with Crippen molar-refractivity contribution in [3.63, 3.8) is 0 Å². The average molecular weight is 562 g/mol. The smallest absolute Gasteiger partial charge is 0.475 e. The third-order valence-corrected chi connectivity index (χ3v) is 3.91. The number of carbonyl (C=O) groups excluding carboxylic acids is 2. The Hall–Kier alpha value is -4.27. The van der Waals surface area contributed by atoms with E-state index in [9.17, 15) is 43.0 Å². The first kappa shape index (κ1) is 33.7. The van der Waals surface area contributed by atoms with Gasteiger partial charge in [0.2, 0.25) is 5.91 Å². The van der Waals surface area contributed by atoms with E-state index < -0.39 is 66.2 Å². The molecule has 38 heavy (non-hydrogen) atoms. The van der Waals surface area contributed by atoms with Gasteiger partial charge in [-0.3, -0.25) is 9.59 Å². The lowest BCUT2D eigenvalue weighted by molar-refractivity contribution is -0.790. The number of carboxylic acids is 1. The molecule has 1 heterocycles.